The smallest absolute Gasteiger partial charge is 0.251 e. The third kappa shape index (κ3) is 3.06. The Hall–Kier alpha value is -0.870. The minimum atomic E-state index is -3.50. The van der Waals surface area contributed by atoms with Gasteiger partial charge in [0.2, 0.25) is 0 Å². The van der Waals surface area contributed by atoms with Crippen LogP contribution in [0.2, 0.25) is 0 Å². The molecule has 0 saturated carbocycles. The van der Waals surface area contributed by atoms with Crippen molar-refractivity contribution < 1.29 is 8.42 Å². The average Bonchev–Trinajstić information content (AvgIpc) is 2.75. The lowest BCUT2D eigenvalue weighted by Gasteiger charge is -2.09. The summed E-state index contributed by atoms with van der Waals surface area (Å²) in [5.41, 5.74) is 5.42. The van der Waals surface area contributed by atoms with Crippen molar-refractivity contribution in [2.75, 3.05) is 0 Å². The quantitative estimate of drug-likeness (QED) is 0.771. The van der Waals surface area contributed by atoms with E-state index in [-0.39, 0.29) is 4.21 Å². The van der Waals surface area contributed by atoms with Gasteiger partial charge in [-0.3, -0.25) is 0 Å². The first-order valence-corrected chi connectivity index (χ1v) is 7.10. The average molecular weight is 258 g/mol. The van der Waals surface area contributed by atoms with Crippen molar-refractivity contribution in [1.82, 2.24) is 4.72 Å². The second-order valence-electron chi connectivity index (χ2n) is 3.17. The lowest BCUT2D eigenvalue weighted by Crippen LogP contribution is -2.32. The molecule has 1 aromatic rings. The topological polar surface area (TPSA) is 72.2 Å². The van der Waals surface area contributed by atoms with Crippen LogP contribution in [0.15, 0.2) is 16.3 Å². The lowest BCUT2D eigenvalue weighted by molar-refractivity contribution is 0.572. The molecule has 88 valence electrons. The molecule has 1 rings (SSSR count). The summed E-state index contributed by atoms with van der Waals surface area (Å²) in [6.07, 6.45) is 5.77. The van der Waals surface area contributed by atoms with E-state index >= 15 is 0 Å². The zero-order valence-corrected chi connectivity index (χ0v) is 10.6. The van der Waals surface area contributed by atoms with Gasteiger partial charge in [-0.15, -0.1) is 17.8 Å². The molecule has 0 aliphatic carbocycles. The van der Waals surface area contributed by atoms with Crippen LogP contribution >= 0.6 is 11.3 Å². The predicted octanol–water partition coefficient (Wildman–Crippen LogP) is 0.897. The van der Waals surface area contributed by atoms with Crippen molar-refractivity contribution in [3.8, 4) is 12.3 Å². The lowest BCUT2D eigenvalue weighted by atomic mass is 10.3. The van der Waals surface area contributed by atoms with Gasteiger partial charge in [-0.2, -0.15) is 4.72 Å². The maximum Gasteiger partial charge on any atom is 0.251 e. The molecule has 3 N–H and O–H groups in total. The van der Waals surface area contributed by atoms with E-state index in [1.807, 2.05) is 6.92 Å². The van der Waals surface area contributed by atoms with Crippen LogP contribution in [-0.2, 0) is 16.6 Å². The fraction of sp³-hybridized carbons (Fsp3) is 0.400. The summed E-state index contributed by atoms with van der Waals surface area (Å²) in [5.74, 6) is 2.39. The highest BCUT2D eigenvalue weighted by atomic mass is 32.2. The zero-order valence-electron chi connectivity index (χ0n) is 8.93. The number of sulfonamides is 1. The maximum absolute atomic E-state index is 11.9. The van der Waals surface area contributed by atoms with Crippen molar-refractivity contribution in [2.45, 2.75) is 30.1 Å². The van der Waals surface area contributed by atoms with Gasteiger partial charge in [-0.1, -0.05) is 12.8 Å². The number of hydrogen-bond acceptors (Lipinski definition) is 4. The third-order valence-corrected chi connectivity index (χ3v) is 5.08. The molecule has 1 aromatic heterocycles. The molecule has 0 aliphatic rings. The van der Waals surface area contributed by atoms with Gasteiger partial charge in [0.05, 0.1) is 6.04 Å². The van der Waals surface area contributed by atoms with E-state index in [2.05, 4.69) is 10.6 Å². The van der Waals surface area contributed by atoms with Crippen molar-refractivity contribution in [2.24, 2.45) is 5.73 Å². The Labute approximate surface area is 99.9 Å². The van der Waals surface area contributed by atoms with Gasteiger partial charge in [0.25, 0.3) is 10.0 Å². The van der Waals surface area contributed by atoms with Gasteiger partial charge >= 0.3 is 0 Å². The summed E-state index contributed by atoms with van der Waals surface area (Å²) in [4.78, 5) is 0.828. The highest BCUT2D eigenvalue weighted by molar-refractivity contribution is 7.91. The Balaban J connectivity index is 2.90. The molecule has 0 saturated heterocycles. The maximum atomic E-state index is 11.9. The van der Waals surface area contributed by atoms with Crippen molar-refractivity contribution >= 4 is 21.4 Å². The number of thiophene rings is 1. The highest BCUT2D eigenvalue weighted by Crippen LogP contribution is 2.21. The standard InChI is InChI=1S/C10H14N2O2S2/c1-3-8(4-2)12-16(13,14)10-6-5-9(7-11)15-10/h1,5-6,8,12H,4,7,11H2,2H3. The van der Waals surface area contributed by atoms with Gasteiger partial charge in [-0.25, -0.2) is 8.42 Å². The van der Waals surface area contributed by atoms with Crippen LogP contribution < -0.4 is 10.5 Å². The van der Waals surface area contributed by atoms with Crippen molar-refractivity contribution in [3.63, 3.8) is 0 Å². The first kappa shape index (κ1) is 13.2. The van der Waals surface area contributed by atoms with Crippen LogP contribution in [0.4, 0.5) is 0 Å². The normalized spacial score (nSPS) is 13.3. The highest BCUT2D eigenvalue weighted by Gasteiger charge is 2.19. The molecule has 0 radical (unpaired) electrons. The van der Waals surface area contributed by atoms with E-state index in [0.717, 1.165) is 16.2 Å². The molecule has 0 amide bonds. The molecule has 0 aliphatic heterocycles. The molecule has 0 bridgehead atoms. The zero-order chi connectivity index (χ0) is 12.2. The molecule has 0 aromatic carbocycles. The summed E-state index contributed by atoms with van der Waals surface area (Å²) in [6.45, 7) is 2.17. The first-order valence-electron chi connectivity index (χ1n) is 4.80. The monoisotopic (exact) mass is 258 g/mol. The molecule has 16 heavy (non-hydrogen) atoms. The summed E-state index contributed by atoms with van der Waals surface area (Å²) < 4.78 is 26.4. The Kier molecular flexibility index (Phi) is 4.50. The molecular weight excluding hydrogens is 244 g/mol. The Morgan fingerprint density at radius 3 is 2.75 bits per heavy atom. The van der Waals surface area contributed by atoms with Gasteiger partial charge in [-0.05, 0) is 18.6 Å². The molecule has 1 atom stereocenters. The van der Waals surface area contributed by atoms with Crippen LogP contribution in [0, 0.1) is 12.3 Å². The number of terminal acetylenes is 1. The minimum Gasteiger partial charge on any atom is -0.326 e. The van der Waals surface area contributed by atoms with Crippen molar-refractivity contribution in [1.29, 1.82) is 0 Å². The first-order chi connectivity index (χ1) is 7.53. The molecule has 6 heteroatoms. The third-order valence-electron chi connectivity index (χ3n) is 2.01. The van der Waals surface area contributed by atoms with Crippen LogP contribution in [0.5, 0.6) is 0 Å². The molecule has 1 heterocycles. The van der Waals surface area contributed by atoms with E-state index in [1.54, 1.807) is 12.1 Å². The number of rotatable bonds is 5. The van der Waals surface area contributed by atoms with Gasteiger partial charge < -0.3 is 5.73 Å². The molecule has 1 unspecified atom stereocenters. The predicted molar refractivity (Wildman–Crippen MR) is 65.4 cm³/mol. The summed E-state index contributed by atoms with van der Waals surface area (Å²) >= 11 is 1.16. The van der Waals surface area contributed by atoms with Crippen molar-refractivity contribution in [3.05, 3.63) is 17.0 Å². The van der Waals surface area contributed by atoms with Gasteiger partial charge in [0.1, 0.15) is 4.21 Å². The number of nitrogens with two attached hydrogens (primary N) is 1. The molecule has 0 fully saturated rings. The summed E-state index contributed by atoms with van der Waals surface area (Å²) in [6, 6.07) is 2.78. The van der Waals surface area contributed by atoms with Gasteiger partial charge in [0, 0.05) is 11.4 Å². The van der Waals surface area contributed by atoms with Crippen LogP contribution in [-0.4, -0.2) is 14.5 Å². The van der Waals surface area contributed by atoms with E-state index in [9.17, 15) is 8.42 Å². The Morgan fingerprint density at radius 2 is 2.31 bits per heavy atom. The SMILES string of the molecule is C#CC(CC)NS(=O)(=O)c1ccc(CN)s1. The van der Waals surface area contributed by atoms with Crippen LogP contribution in [0.25, 0.3) is 0 Å². The molecule has 4 nitrogen and oxygen atoms in total. The van der Waals surface area contributed by atoms with E-state index in [0.29, 0.717) is 13.0 Å². The van der Waals surface area contributed by atoms with E-state index in [1.165, 1.54) is 0 Å². The minimum absolute atomic E-state index is 0.252. The summed E-state index contributed by atoms with van der Waals surface area (Å²) in [7, 11) is -3.50. The fourth-order valence-corrected chi connectivity index (χ4v) is 3.58. The largest absolute Gasteiger partial charge is 0.326 e. The van der Waals surface area contributed by atoms with E-state index in [4.69, 9.17) is 12.2 Å². The number of hydrogen-bond donors (Lipinski definition) is 2. The van der Waals surface area contributed by atoms with Crippen LogP contribution in [0.1, 0.15) is 18.2 Å². The second-order valence-corrected chi connectivity index (χ2v) is 6.28. The second kappa shape index (κ2) is 5.46. The van der Waals surface area contributed by atoms with Crippen LogP contribution in [0.3, 0.4) is 0 Å². The summed E-state index contributed by atoms with van der Waals surface area (Å²) in [5, 5.41) is 0. The molecule has 0 spiro atoms. The van der Waals surface area contributed by atoms with Gasteiger partial charge in [0.15, 0.2) is 0 Å². The fourth-order valence-electron chi connectivity index (χ4n) is 1.09. The Bertz CT molecular complexity index is 485. The van der Waals surface area contributed by atoms with E-state index < -0.39 is 16.1 Å². The Morgan fingerprint density at radius 1 is 1.62 bits per heavy atom. The number of nitrogens with one attached hydrogen (secondary N) is 1. The molecular formula is C10H14N2O2S2.